The van der Waals surface area contributed by atoms with E-state index in [9.17, 15) is 40.5 Å². The first-order valence-corrected chi connectivity index (χ1v) is 13.0. The van der Waals surface area contributed by atoms with Gasteiger partial charge in [0.1, 0.15) is 42.7 Å². The summed E-state index contributed by atoms with van der Waals surface area (Å²) in [5.41, 5.74) is 0. The first kappa shape index (κ1) is 31.3. The molecule has 0 bridgehead atoms. The Morgan fingerprint density at radius 2 is 1.17 bits per heavy atom. The predicted octanol–water partition coefficient (Wildman–Crippen LogP) is -0.925. The van der Waals surface area contributed by atoms with Crippen LogP contribution in [-0.4, -0.2) is 116 Å². The van der Waals surface area contributed by atoms with Crippen LogP contribution in [0.3, 0.4) is 0 Å². The number of rotatable bonds is 15. The van der Waals surface area contributed by atoms with Crippen LogP contribution in [0, 0.1) is 0 Å². The van der Waals surface area contributed by atoms with Gasteiger partial charge in [-0.25, -0.2) is 0 Å². The third-order valence-corrected chi connectivity index (χ3v) is 6.69. The minimum Gasteiger partial charge on any atom is -0.456 e. The van der Waals surface area contributed by atoms with Crippen LogP contribution in [0.1, 0.15) is 71.1 Å². The fourth-order valence-corrected chi connectivity index (χ4v) is 4.41. The summed E-state index contributed by atoms with van der Waals surface area (Å²) in [5, 5.41) is 70.0. The highest BCUT2D eigenvalue weighted by molar-refractivity contribution is 5.69. The summed E-state index contributed by atoms with van der Waals surface area (Å²) in [5.74, 6) is -0.633. The summed E-state index contributed by atoms with van der Waals surface area (Å²) < 4.78 is 21.3. The molecule has 12 nitrogen and oxygen atoms in total. The summed E-state index contributed by atoms with van der Waals surface area (Å²) >= 11 is 0. The number of carbonyl (C=O) groups is 1. The van der Waals surface area contributed by atoms with Gasteiger partial charge in [0, 0.05) is 6.42 Å². The maximum Gasteiger partial charge on any atom is 0.306 e. The van der Waals surface area contributed by atoms with E-state index in [-0.39, 0.29) is 6.42 Å². The molecule has 7 N–H and O–H groups in total. The number of ether oxygens (including phenoxy) is 4. The Bertz CT molecular complexity index is 620. The van der Waals surface area contributed by atoms with Crippen LogP contribution in [-0.2, 0) is 23.7 Å². The van der Waals surface area contributed by atoms with Gasteiger partial charge in [0.25, 0.3) is 0 Å². The van der Waals surface area contributed by atoms with Gasteiger partial charge in [-0.05, 0) is 6.42 Å². The highest BCUT2D eigenvalue weighted by Gasteiger charge is 2.51. The van der Waals surface area contributed by atoms with Crippen molar-refractivity contribution >= 4 is 5.97 Å². The van der Waals surface area contributed by atoms with E-state index in [4.69, 9.17) is 18.9 Å². The van der Waals surface area contributed by atoms with Crippen molar-refractivity contribution < 1.29 is 59.5 Å². The van der Waals surface area contributed by atoms with Gasteiger partial charge in [0.2, 0.25) is 0 Å². The quantitative estimate of drug-likeness (QED) is 0.103. The number of hydrogen-bond donors (Lipinski definition) is 7. The third-order valence-electron chi connectivity index (χ3n) is 6.69. The van der Waals surface area contributed by atoms with Crippen molar-refractivity contribution in [3.05, 3.63) is 0 Å². The van der Waals surface area contributed by atoms with E-state index in [1.54, 1.807) is 0 Å². The molecule has 0 radical (unpaired) electrons. The Hall–Kier alpha value is -0.930. The first-order valence-electron chi connectivity index (χ1n) is 13.0. The van der Waals surface area contributed by atoms with Crippen LogP contribution >= 0.6 is 0 Å². The molecule has 36 heavy (non-hydrogen) atoms. The van der Waals surface area contributed by atoms with Crippen LogP contribution < -0.4 is 0 Å². The summed E-state index contributed by atoms with van der Waals surface area (Å²) in [4.78, 5) is 12.4. The topological polar surface area (TPSA) is 196 Å². The lowest BCUT2D eigenvalue weighted by atomic mass is 9.98. The van der Waals surface area contributed by atoms with E-state index in [0.717, 1.165) is 19.3 Å². The number of hydrogen-bond acceptors (Lipinski definition) is 12. The van der Waals surface area contributed by atoms with Crippen molar-refractivity contribution in [2.75, 3.05) is 13.2 Å². The molecule has 2 aliphatic rings. The van der Waals surface area contributed by atoms with Gasteiger partial charge >= 0.3 is 5.97 Å². The zero-order valence-corrected chi connectivity index (χ0v) is 20.9. The van der Waals surface area contributed by atoms with Crippen molar-refractivity contribution in [2.45, 2.75) is 133 Å². The minimum atomic E-state index is -1.76. The molecule has 0 spiro atoms. The molecule has 0 saturated carbocycles. The van der Waals surface area contributed by atoms with E-state index >= 15 is 0 Å². The first-order chi connectivity index (χ1) is 17.2. The average Bonchev–Trinajstić information content (AvgIpc) is 2.87. The minimum absolute atomic E-state index is 0.0919. The van der Waals surface area contributed by atoms with Crippen LogP contribution in [0.15, 0.2) is 0 Å². The van der Waals surface area contributed by atoms with Gasteiger partial charge in [0.15, 0.2) is 18.7 Å². The lowest BCUT2D eigenvalue weighted by molar-refractivity contribution is -0.376. The summed E-state index contributed by atoms with van der Waals surface area (Å²) in [6.07, 6.45) is -5.90. The highest BCUT2D eigenvalue weighted by atomic mass is 16.8. The van der Waals surface area contributed by atoms with Crippen molar-refractivity contribution in [2.24, 2.45) is 0 Å². The van der Waals surface area contributed by atoms with E-state index in [2.05, 4.69) is 6.92 Å². The zero-order chi connectivity index (χ0) is 26.7. The molecule has 0 aromatic carbocycles. The monoisotopic (exact) mass is 524 g/mol. The molecule has 2 saturated heterocycles. The summed E-state index contributed by atoms with van der Waals surface area (Å²) in [7, 11) is 0. The van der Waals surface area contributed by atoms with Crippen molar-refractivity contribution in [3.63, 3.8) is 0 Å². The van der Waals surface area contributed by atoms with Gasteiger partial charge in [0.05, 0.1) is 13.2 Å². The lowest BCUT2D eigenvalue weighted by Gasteiger charge is -2.45. The summed E-state index contributed by atoms with van der Waals surface area (Å²) in [6.45, 7) is 0.805. The molecule has 2 aliphatic heterocycles. The molecule has 0 aromatic rings. The van der Waals surface area contributed by atoms with Gasteiger partial charge in [-0.3, -0.25) is 4.79 Å². The second-order valence-corrected chi connectivity index (χ2v) is 9.57. The van der Waals surface area contributed by atoms with Crippen LogP contribution in [0.5, 0.6) is 0 Å². The average molecular weight is 525 g/mol. The molecule has 2 rings (SSSR count). The van der Waals surface area contributed by atoms with Gasteiger partial charge in [-0.15, -0.1) is 0 Å². The molecule has 10 atom stereocenters. The fourth-order valence-electron chi connectivity index (χ4n) is 4.41. The number of esters is 1. The van der Waals surface area contributed by atoms with E-state index in [0.29, 0.717) is 6.42 Å². The van der Waals surface area contributed by atoms with Crippen LogP contribution in [0.25, 0.3) is 0 Å². The summed E-state index contributed by atoms with van der Waals surface area (Å²) in [6, 6.07) is 0. The van der Waals surface area contributed by atoms with Crippen molar-refractivity contribution in [3.8, 4) is 0 Å². The number of aliphatic hydroxyl groups is 7. The van der Waals surface area contributed by atoms with E-state index in [1.165, 1.54) is 32.1 Å². The molecule has 0 aromatic heterocycles. The molecule has 0 unspecified atom stereocenters. The van der Waals surface area contributed by atoms with Crippen LogP contribution in [0.4, 0.5) is 0 Å². The van der Waals surface area contributed by atoms with Gasteiger partial charge in [-0.1, -0.05) is 58.3 Å². The molecule has 2 fully saturated rings. The fraction of sp³-hybridized carbons (Fsp3) is 0.958. The maximum absolute atomic E-state index is 12.4. The zero-order valence-electron chi connectivity index (χ0n) is 20.9. The van der Waals surface area contributed by atoms with Crippen molar-refractivity contribution in [1.29, 1.82) is 0 Å². The van der Waals surface area contributed by atoms with Crippen molar-refractivity contribution in [1.82, 2.24) is 0 Å². The van der Waals surface area contributed by atoms with E-state index < -0.39 is 80.6 Å². The van der Waals surface area contributed by atoms with Gasteiger partial charge < -0.3 is 54.7 Å². The Labute approximate surface area is 211 Å². The van der Waals surface area contributed by atoms with Crippen LogP contribution in [0.2, 0.25) is 0 Å². The predicted molar refractivity (Wildman–Crippen MR) is 124 cm³/mol. The standard InChI is InChI=1S/C24H44O12/c1-2-3-4-5-6-7-8-9-10-11-16(27)35-22-18(29)15(13-26)34-24(21(22)32)36-23-20(31)19(30)17(28)14(12-25)33-23/h14-15,17-26,28-32H,2-13H2,1H3/t14-,15-,17-,18-,19+,20-,21-,22+,23-,24-/m1/s1. The molecule has 0 amide bonds. The number of unbranched alkanes of at least 4 members (excludes halogenated alkanes) is 8. The molecular weight excluding hydrogens is 480 g/mol. The molecule has 2 heterocycles. The number of aliphatic hydroxyl groups excluding tert-OH is 7. The lowest BCUT2D eigenvalue weighted by Crippen LogP contribution is -2.64. The second-order valence-electron chi connectivity index (χ2n) is 9.57. The second kappa shape index (κ2) is 16.1. The Balaban J connectivity index is 1.86. The maximum atomic E-state index is 12.4. The Morgan fingerprint density at radius 3 is 1.72 bits per heavy atom. The SMILES string of the molecule is CCCCCCCCCCCC(=O)O[C@@H]1[C@@H](O)[C@@H](O[C@H]2O[C@H](CO)[C@@H](O)[C@H](O)[C@H]2O)O[C@H](CO)[C@H]1O. The molecule has 212 valence electrons. The molecule has 12 heteroatoms. The molecule has 0 aliphatic carbocycles. The smallest absolute Gasteiger partial charge is 0.306 e. The number of carbonyl (C=O) groups excluding carboxylic acids is 1. The third kappa shape index (κ3) is 8.83. The largest absolute Gasteiger partial charge is 0.456 e. The highest BCUT2D eigenvalue weighted by Crippen LogP contribution is 2.29. The Morgan fingerprint density at radius 1 is 0.667 bits per heavy atom. The Kier molecular flexibility index (Phi) is 14.0. The van der Waals surface area contributed by atoms with Gasteiger partial charge in [-0.2, -0.15) is 0 Å². The normalized spacial score (nSPS) is 37.1. The van der Waals surface area contributed by atoms with E-state index in [1.807, 2.05) is 0 Å². The molecular formula is C24H44O12.